The molecule has 1 heterocycles. The topological polar surface area (TPSA) is 49.9 Å². The summed E-state index contributed by atoms with van der Waals surface area (Å²) in [7, 11) is 0. The van der Waals surface area contributed by atoms with Crippen LogP contribution < -0.4 is 10.1 Å². The first-order valence-corrected chi connectivity index (χ1v) is 7.85. The second-order valence-corrected chi connectivity index (χ2v) is 5.56. The standard InChI is InChI=1S/C17H23N3O/c1-2-21-15-9-7-13(8-10-15)16-11-19-17(20-16)12-18-14-5-3-4-6-14/h7-11,14,18H,2-6,12H2,1H3,(H,19,20). The van der Waals surface area contributed by atoms with Crippen LogP contribution in [0.15, 0.2) is 30.5 Å². The lowest BCUT2D eigenvalue weighted by molar-refractivity contribution is 0.340. The third-order valence-corrected chi connectivity index (χ3v) is 4.02. The minimum atomic E-state index is 0.670. The molecule has 0 radical (unpaired) electrons. The molecule has 4 heteroatoms. The molecule has 2 N–H and O–H groups in total. The molecule has 2 aromatic rings. The van der Waals surface area contributed by atoms with Gasteiger partial charge in [0.1, 0.15) is 11.6 Å². The van der Waals surface area contributed by atoms with Crippen molar-refractivity contribution in [3.05, 3.63) is 36.3 Å². The van der Waals surface area contributed by atoms with Gasteiger partial charge < -0.3 is 15.0 Å². The molecular weight excluding hydrogens is 262 g/mol. The fraction of sp³-hybridized carbons (Fsp3) is 0.471. The van der Waals surface area contributed by atoms with Crippen molar-refractivity contribution in [3.8, 4) is 17.0 Å². The summed E-state index contributed by atoms with van der Waals surface area (Å²) in [5.74, 6) is 1.91. The van der Waals surface area contributed by atoms with Gasteiger partial charge in [-0.15, -0.1) is 0 Å². The number of rotatable bonds is 6. The molecule has 1 aliphatic rings. The van der Waals surface area contributed by atoms with Gasteiger partial charge in [0.15, 0.2) is 0 Å². The Balaban J connectivity index is 1.60. The van der Waals surface area contributed by atoms with Crippen molar-refractivity contribution in [2.24, 2.45) is 0 Å². The van der Waals surface area contributed by atoms with E-state index in [-0.39, 0.29) is 0 Å². The van der Waals surface area contributed by atoms with Crippen LogP contribution in [0.5, 0.6) is 5.75 Å². The Hall–Kier alpha value is -1.81. The van der Waals surface area contributed by atoms with Crippen molar-refractivity contribution in [1.29, 1.82) is 0 Å². The molecule has 0 atom stereocenters. The first-order chi connectivity index (χ1) is 10.3. The first-order valence-electron chi connectivity index (χ1n) is 7.85. The quantitative estimate of drug-likeness (QED) is 0.854. The summed E-state index contributed by atoms with van der Waals surface area (Å²) < 4.78 is 5.46. The van der Waals surface area contributed by atoms with Crippen molar-refractivity contribution in [1.82, 2.24) is 15.3 Å². The predicted molar refractivity (Wildman–Crippen MR) is 84.3 cm³/mol. The van der Waals surface area contributed by atoms with E-state index in [9.17, 15) is 0 Å². The lowest BCUT2D eigenvalue weighted by Crippen LogP contribution is -2.25. The highest BCUT2D eigenvalue weighted by Gasteiger charge is 2.14. The zero-order valence-corrected chi connectivity index (χ0v) is 12.6. The molecule has 0 unspecified atom stereocenters. The number of H-pyrrole nitrogens is 1. The molecule has 0 amide bonds. The van der Waals surface area contributed by atoms with Crippen LogP contribution in [-0.4, -0.2) is 22.6 Å². The van der Waals surface area contributed by atoms with Gasteiger partial charge in [-0.2, -0.15) is 0 Å². The molecule has 0 spiro atoms. The van der Waals surface area contributed by atoms with E-state index >= 15 is 0 Å². The predicted octanol–water partition coefficient (Wildman–Crippen LogP) is 3.51. The van der Waals surface area contributed by atoms with Crippen molar-refractivity contribution < 1.29 is 4.74 Å². The molecule has 0 saturated heterocycles. The van der Waals surface area contributed by atoms with Gasteiger partial charge in [0.05, 0.1) is 25.0 Å². The summed E-state index contributed by atoms with van der Waals surface area (Å²) in [4.78, 5) is 7.85. The highest BCUT2D eigenvalue weighted by Crippen LogP contribution is 2.21. The first kappa shape index (κ1) is 14.1. The van der Waals surface area contributed by atoms with Crippen LogP contribution in [0.3, 0.4) is 0 Å². The van der Waals surface area contributed by atoms with Crippen LogP contribution in [-0.2, 0) is 6.54 Å². The number of hydrogen-bond donors (Lipinski definition) is 2. The number of nitrogens with one attached hydrogen (secondary N) is 2. The Morgan fingerprint density at radius 3 is 2.71 bits per heavy atom. The molecule has 4 nitrogen and oxygen atoms in total. The molecule has 0 aliphatic heterocycles. The Morgan fingerprint density at radius 2 is 2.00 bits per heavy atom. The maximum atomic E-state index is 5.46. The van der Waals surface area contributed by atoms with E-state index in [0.29, 0.717) is 12.6 Å². The summed E-state index contributed by atoms with van der Waals surface area (Å²) in [6.45, 7) is 3.51. The monoisotopic (exact) mass is 285 g/mol. The van der Waals surface area contributed by atoms with E-state index < -0.39 is 0 Å². The molecule has 1 saturated carbocycles. The Bertz CT molecular complexity index is 556. The maximum absolute atomic E-state index is 5.46. The van der Waals surface area contributed by atoms with Gasteiger partial charge >= 0.3 is 0 Å². The molecule has 1 aromatic carbocycles. The normalized spacial score (nSPS) is 15.5. The van der Waals surface area contributed by atoms with Crippen molar-refractivity contribution in [2.75, 3.05) is 6.61 Å². The Kier molecular flexibility index (Phi) is 4.55. The lowest BCUT2D eigenvalue weighted by atomic mass is 10.2. The lowest BCUT2D eigenvalue weighted by Gasteiger charge is -2.09. The number of nitrogens with zero attached hydrogens (tertiary/aromatic N) is 1. The minimum absolute atomic E-state index is 0.670. The van der Waals surface area contributed by atoms with Gasteiger partial charge in [0, 0.05) is 6.04 Å². The average molecular weight is 285 g/mol. The third kappa shape index (κ3) is 3.64. The Morgan fingerprint density at radius 1 is 1.24 bits per heavy atom. The summed E-state index contributed by atoms with van der Waals surface area (Å²) in [6.07, 6.45) is 7.21. The van der Waals surface area contributed by atoms with E-state index in [1.54, 1.807) is 0 Å². The highest BCUT2D eigenvalue weighted by molar-refractivity contribution is 5.59. The van der Waals surface area contributed by atoms with E-state index in [1.165, 1.54) is 25.7 Å². The van der Waals surface area contributed by atoms with Crippen molar-refractivity contribution >= 4 is 0 Å². The maximum Gasteiger partial charge on any atom is 0.120 e. The summed E-state index contributed by atoms with van der Waals surface area (Å²) >= 11 is 0. The van der Waals surface area contributed by atoms with E-state index in [4.69, 9.17) is 4.74 Å². The van der Waals surface area contributed by atoms with Gasteiger partial charge in [-0.3, -0.25) is 0 Å². The van der Waals surface area contributed by atoms with Crippen molar-refractivity contribution in [3.63, 3.8) is 0 Å². The number of aromatic amines is 1. The van der Waals surface area contributed by atoms with Crippen LogP contribution in [0.1, 0.15) is 38.4 Å². The van der Waals surface area contributed by atoms with Crippen LogP contribution in [0, 0.1) is 0 Å². The summed E-state index contributed by atoms with van der Waals surface area (Å²) in [5, 5.41) is 3.57. The Labute approximate surface area is 125 Å². The van der Waals surface area contributed by atoms with Crippen LogP contribution in [0.4, 0.5) is 0 Å². The zero-order valence-electron chi connectivity index (χ0n) is 12.6. The zero-order chi connectivity index (χ0) is 14.5. The van der Waals surface area contributed by atoms with Crippen LogP contribution in [0.25, 0.3) is 11.3 Å². The number of imidazole rings is 1. The van der Waals surface area contributed by atoms with Gasteiger partial charge in [-0.25, -0.2) is 4.98 Å². The number of hydrogen-bond acceptors (Lipinski definition) is 3. The smallest absolute Gasteiger partial charge is 0.120 e. The second kappa shape index (κ2) is 6.76. The number of benzene rings is 1. The number of ether oxygens (including phenoxy) is 1. The summed E-state index contributed by atoms with van der Waals surface area (Å²) in [6, 6.07) is 8.79. The molecule has 1 fully saturated rings. The van der Waals surface area contributed by atoms with E-state index in [2.05, 4.69) is 27.4 Å². The molecular formula is C17H23N3O. The highest BCUT2D eigenvalue weighted by atomic mass is 16.5. The molecule has 3 rings (SSSR count). The fourth-order valence-corrected chi connectivity index (χ4v) is 2.87. The molecule has 1 aliphatic carbocycles. The molecule has 1 aromatic heterocycles. The van der Waals surface area contributed by atoms with Crippen LogP contribution >= 0.6 is 0 Å². The van der Waals surface area contributed by atoms with E-state index in [1.807, 2.05) is 25.3 Å². The molecule has 21 heavy (non-hydrogen) atoms. The number of aromatic nitrogens is 2. The average Bonchev–Trinajstić information content (AvgIpc) is 3.18. The SMILES string of the molecule is CCOc1ccc(-c2cnc(CNC3CCCC3)[nH]2)cc1. The second-order valence-electron chi connectivity index (χ2n) is 5.56. The fourth-order valence-electron chi connectivity index (χ4n) is 2.87. The van der Waals surface area contributed by atoms with Gasteiger partial charge in [0.25, 0.3) is 0 Å². The minimum Gasteiger partial charge on any atom is -0.494 e. The van der Waals surface area contributed by atoms with Gasteiger partial charge in [0.2, 0.25) is 0 Å². The van der Waals surface area contributed by atoms with Crippen LogP contribution in [0.2, 0.25) is 0 Å². The largest absolute Gasteiger partial charge is 0.494 e. The van der Waals surface area contributed by atoms with Gasteiger partial charge in [-0.1, -0.05) is 12.8 Å². The molecule has 0 bridgehead atoms. The van der Waals surface area contributed by atoms with Crippen molar-refractivity contribution in [2.45, 2.75) is 45.2 Å². The van der Waals surface area contributed by atoms with E-state index in [0.717, 1.165) is 29.4 Å². The molecule has 112 valence electrons. The summed E-state index contributed by atoms with van der Waals surface area (Å²) in [5.41, 5.74) is 2.19. The third-order valence-electron chi connectivity index (χ3n) is 4.02. The van der Waals surface area contributed by atoms with Gasteiger partial charge in [-0.05, 0) is 49.6 Å².